The minimum atomic E-state index is -3.07. The van der Waals surface area contributed by atoms with Crippen molar-refractivity contribution in [2.24, 2.45) is 4.99 Å². The standard InChI is InChI=1S/C16H19FN2O4S2/c1-23-8-15(20)18-16-19(7-6-11-2-4-12(17)5-3-11)13-9-25(21,22)10-14(13)24-16/h2-5,13-14H,6-10H2,1H3/t13-,14+/m1/s1. The zero-order valence-corrected chi connectivity index (χ0v) is 15.4. The summed E-state index contributed by atoms with van der Waals surface area (Å²) in [6.45, 7) is 0.415. The third kappa shape index (κ3) is 4.39. The summed E-state index contributed by atoms with van der Waals surface area (Å²) in [6, 6.07) is 6.02. The van der Waals surface area contributed by atoms with E-state index in [1.54, 1.807) is 12.1 Å². The number of carbonyl (C=O) groups is 1. The fourth-order valence-corrected chi connectivity index (χ4v) is 7.06. The second-order valence-electron chi connectivity index (χ2n) is 6.09. The summed E-state index contributed by atoms with van der Waals surface area (Å²) in [4.78, 5) is 17.8. The summed E-state index contributed by atoms with van der Waals surface area (Å²) in [5.41, 5.74) is 0.943. The maximum Gasteiger partial charge on any atom is 0.274 e. The van der Waals surface area contributed by atoms with Crippen molar-refractivity contribution < 1.29 is 22.3 Å². The number of carbonyl (C=O) groups excluding carboxylic acids is 1. The number of sulfone groups is 1. The molecule has 1 aromatic carbocycles. The topological polar surface area (TPSA) is 76.0 Å². The number of amidine groups is 1. The number of methoxy groups -OCH3 is 1. The molecular weight excluding hydrogens is 367 g/mol. The highest BCUT2D eigenvalue weighted by atomic mass is 32.2. The number of fused-ring (bicyclic) bond motifs is 1. The number of benzene rings is 1. The number of rotatable bonds is 5. The van der Waals surface area contributed by atoms with Gasteiger partial charge in [-0.15, -0.1) is 0 Å². The van der Waals surface area contributed by atoms with Gasteiger partial charge in [0.1, 0.15) is 12.4 Å². The van der Waals surface area contributed by atoms with Gasteiger partial charge in [0.05, 0.1) is 17.5 Å². The maximum absolute atomic E-state index is 13.0. The lowest BCUT2D eigenvalue weighted by Gasteiger charge is -2.24. The van der Waals surface area contributed by atoms with Gasteiger partial charge in [-0.1, -0.05) is 23.9 Å². The molecule has 25 heavy (non-hydrogen) atoms. The third-order valence-electron chi connectivity index (χ3n) is 4.22. The van der Waals surface area contributed by atoms with E-state index in [0.29, 0.717) is 18.1 Å². The highest BCUT2D eigenvalue weighted by Crippen LogP contribution is 2.38. The van der Waals surface area contributed by atoms with Crippen LogP contribution < -0.4 is 0 Å². The van der Waals surface area contributed by atoms with Crippen molar-refractivity contribution >= 4 is 32.7 Å². The van der Waals surface area contributed by atoms with E-state index < -0.39 is 9.84 Å². The van der Waals surface area contributed by atoms with Gasteiger partial charge >= 0.3 is 0 Å². The van der Waals surface area contributed by atoms with Gasteiger partial charge in [-0.2, -0.15) is 4.99 Å². The van der Waals surface area contributed by atoms with Crippen LogP contribution in [0.2, 0.25) is 0 Å². The molecule has 0 radical (unpaired) electrons. The summed E-state index contributed by atoms with van der Waals surface area (Å²) < 4.78 is 41.7. The van der Waals surface area contributed by atoms with E-state index >= 15 is 0 Å². The molecule has 0 saturated carbocycles. The lowest BCUT2D eigenvalue weighted by molar-refractivity contribution is -0.121. The zero-order chi connectivity index (χ0) is 18.0. The zero-order valence-electron chi connectivity index (χ0n) is 13.7. The summed E-state index contributed by atoms with van der Waals surface area (Å²) in [5, 5.41) is 0.446. The van der Waals surface area contributed by atoms with Crippen LogP contribution in [0.25, 0.3) is 0 Å². The number of amides is 1. The fraction of sp³-hybridized carbons (Fsp3) is 0.500. The Kier molecular flexibility index (Phi) is 5.45. The van der Waals surface area contributed by atoms with E-state index in [-0.39, 0.29) is 41.1 Å². The Morgan fingerprint density at radius 2 is 2.08 bits per heavy atom. The van der Waals surface area contributed by atoms with Gasteiger partial charge in [0, 0.05) is 18.9 Å². The molecule has 0 unspecified atom stereocenters. The molecule has 2 saturated heterocycles. The first-order chi connectivity index (χ1) is 11.9. The Labute approximate surface area is 150 Å². The number of hydrogen-bond donors (Lipinski definition) is 0. The highest BCUT2D eigenvalue weighted by molar-refractivity contribution is 8.15. The predicted octanol–water partition coefficient (Wildman–Crippen LogP) is 1.11. The molecular formula is C16H19FN2O4S2. The van der Waals surface area contributed by atoms with Gasteiger partial charge in [-0.3, -0.25) is 4.79 Å². The molecule has 2 aliphatic rings. The van der Waals surface area contributed by atoms with Gasteiger partial charge in [-0.25, -0.2) is 12.8 Å². The first-order valence-electron chi connectivity index (χ1n) is 7.86. The van der Waals surface area contributed by atoms with Crippen LogP contribution >= 0.6 is 11.8 Å². The van der Waals surface area contributed by atoms with Gasteiger partial charge in [0.25, 0.3) is 5.91 Å². The van der Waals surface area contributed by atoms with Crippen molar-refractivity contribution in [2.75, 3.05) is 31.8 Å². The largest absolute Gasteiger partial charge is 0.375 e. The molecule has 136 valence electrons. The Morgan fingerprint density at radius 1 is 1.36 bits per heavy atom. The lowest BCUT2D eigenvalue weighted by Crippen LogP contribution is -2.39. The second-order valence-corrected chi connectivity index (χ2v) is 9.45. The van der Waals surface area contributed by atoms with Crippen molar-refractivity contribution in [3.8, 4) is 0 Å². The van der Waals surface area contributed by atoms with Gasteiger partial charge < -0.3 is 9.64 Å². The first kappa shape index (κ1) is 18.3. The molecule has 0 aromatic heterocycles. The molecule has 1 amide bonds. The molecule has 9 heteroatoms. The van der Waals surface area contributed by atoms with Crippen LogP contribution in [0.1, 0.15) is 5.56 Å². The monoisotopic (exact) mass is 386 g/mol. The Hall–Kier alpha value is -1.45. The van der Waals surface area contributed by atoms with Crippen LogP contribution in [0.3, 0.4) is 0 Å². The van der Waals surface area contributed by atoms with E-state index in [1.807, 2.05) is 4.90 Å². The molecule has 0 spiro atoms. The van der Waals surface area contributed by atoms with Crippen molar-refractivity contribution in [2.45, 2.75) is 17.7 Å². The minimum Gasteiger partial charge on any atom is -0.375 e. The van der Waals surface area contributed by atoms with Gasteiger partial charge in [0.15, 0.2) is 15.0 Å². The quantitative estimate of drug-likeness (QED) is 0.755. The molecule has 2 atom stereocenters. The summed E-state index contributed by atoms with van der Waals surface area (Å²) in [6.07, 6.45) is 0.613. The number of thioether (sulfide) groups is 1. The van der Waals surface area contributed by atoms with Crippen molar-refractivity contribution in [1.82, 2.24) is 4.90 Å². The molecule has 0 N–H and O–H groups in total. The Bertz CT molecular complexity index is 780. The second kappa shape index (κ2) is 7.43. The summed E-state index contributed by atoms with van der Waals surface area (Å²) >= 11 is 1.34. The van der Waals surface area contributed by atoms with E-state index in [4.69, 9.17) is 4.74 Å². The van der Waals surface area contributed by atoms with E-state index in [1.165, 1.54) is 31.0 Å². The fourth-order valence-electron chi connectivity index (χ4n) is 3.06. The molecule has 6 nitrogen and oxygen atoms in total. The van der Waals surface area contributed by atoms with E-state index in [2.05, 4.69) is 4.99 Å². The normalized spacial score (nSPS) is 26.2. The molecule has 1 aromatic rings. The summed E-state index contributed by atoms with van der Waals surface area (Å²) in [5.74, 6) is -0.507. The maximum atomic E-state index is 13.0. The van der Waals surface area contributed by atoms with Crippen molar-refractivity contribution in [3.63, 3.8) is 0 Å². The molecule has 2 fully saturated rings. The molecule has 2 aliphatic heterocycles. The van der Waals surface area contributed by atoms with Crippen molar-refractivity contribution in [3.05, 3.63) is 35.6 Å². The third-order valence-corrected chi connectivity index (χ3v) is 7.47. The van der Waals surface area contributed by atoms with Crippen LogP contribution in [0.15, 0.2) is 29.3 Å². The molecule has 0 aliphatic carbocycles. The van der Waals surface area contributed by atoms with Crippen molar-refractivity contribution in [1.29, 1.82) is 0 Å². The van der Waals surface area contributed by atoms with E-state index in [0.717, 1.165) is 5.56 Å². The van der Waals surface area contributed by atoms with Crippen LogP contribution in [-0.2, 0) is 25.8 Å². The van der Waals surface area contributed by atoms with Gasteiger partial charge in [-0.05, 0) is 24.1 Å². The van der Waals surface area contributed by atoms with Gasteiger partial charge in [0.2, 0.25) is 0 Å². The number of hydrogen-bond acceptors (Lipinski definition) is 5. The van der Waals surface area contributed by atoms with E-state index in [9.17, 15) is 17.6 Å². The SMILES string of the molecule is COCC(=O)N=C1S[C@H]2CS(=O)(=O)C[C@H]2N1CCc1ccc(F)cc1. The van der Waals surface area contributed by atoms with Crippen LogP contribution in [0, 0.1) is 5.82 Å². The number of ether oxygens (including phenoxy) is 1. The number of aliphatic imine (C=N–C) groups is 1. The lowest BCUT2D eigenvalue weighted by atomic mass is 10.1. The molecule has 2 heterocycles. The van der Waals surface area contributed by atoms with Crippen LogP contribution in [0.5, 0.6) is 0 Å². The number of halogens is 1. The molecule has 0 bridgehead atoms. The Morgan fingerprint density at radius 3 is 2.76 bits per heavy atom. The predicted molar refractivity (Wildman–Crippen MR) is 94.9 cm³/mol. The average Bonchev–Trinajstić information content (AvgIpc) is 2.98. The Balaban J connectivity index is 1.77. The average molecular weight is 386 g/mol. The smallest absolute Gasteiger partial charge is 0.274 e. The minimum absolute atomic E-state index is 0.0750. The van der Waals surface area contributed by atoms with Crippen LogP contribution in [0.4, 0.5) is 4.39 Å². The molecule has 3 rings (SSSR count). The summed E-state index contributed by atoms with van der Waals surface area (Å²) in [7, 11) is -1.64. The number of nitrogens with zero attached hydrogens (tertiary/aromatic N) is 2. The van der Waals surface area contributed by atoms with Crippen LogP contribution in [-0.4, -0.2) is 67.5 Å². The first-order valence-corrected chi connectivity index (χ1v) is 10.6. The highest BCUT2D eigenvalue weighted by Gasteiger charge is 2.48.